The Morgan fingerprint density at radius 2 is 2.60 bits per heavy atom. The third-order valence-corrected chi connectivity index (χ3v) is 2.13. The fourth-order valence-corrected chi connectivity index (χ4v) is 1.18. The molecule has 54 valence electrons. The van der Waals surface area contributed by atoms with Crippen molar-refractivity contribution in [3.63, 3.8) is 0 Å². The molecule has 0 amide bonds. The highest BCUT2D eigenvalue weighted by Gasteiger charge is 2.52. The first kappa shape index (κ1) is 5.85. The third kappa shape index (κ3) is 0.593. The van der Waals surface area contributed by atoms with Crippen molar-refractivity contribution in [1.29, 1.82) is 0 Å². The molecule has 10 heavy (non-hydrogen) atoms. The Hall–Kier alpha value is -0.900. The van der Waals surface area contributed by atoms with Gasteiger partial charge < -0.3 is 5.11 Å². The molecular weight excluding hydrogens is 130 g/mol. The minimum absolute atomic E-state index is 0.331. The van der Waals surface area contributed by atoms with E-state index in [1.165, 1.54) is 0 Å². The van der Waals surface area contributed by atoms with Crippen molar-refractivity contribution in [2.45, 2.75) is 18.9 Å². The number of hydrogen-bond acceptors (Lipinski definition) is 3. The summed E-state index contributed by atoms with van der Waals surface area (Å²) < 4.78 is 0. The summed E-state index contributed by atoms with van der Waals surface area (Å²) in [5, 5.41) is 19.6. The molecule has 2 rings (SSSR count). The van der Waals surface area contributed by atoms with Crippen LogP contribution < -0.4 is 0 Å². The molecule has 1 heterocycles. The topological polar surface area (TPSA) is 61.8 Å². The van der Waals surface area contributed by atoms with Crippen LogP contribution in [-0.2, 0) is 5.60 Å². The molecule has 4 heteroatoms. The standard InChI is InChI=1S/C6H9N3O/c1-4-2-6(4,10)5-3-7-9-8-5/h3-4,10H,2H2,1H3,(H,7,8,9). The van der Waals surface area contributed by atoms with E-state index in [1.807, 2.05) is 6.92 Å². The summed E-state index contributed by atoms with van der Waals surface area (Å²) in [4.78, 5) is 0. The molecule has 1 aliphatic carbocycles. The predicted octanol–water partition coefficient (Wildman–Crippen LogP) is 0.0321. The average Bonchev–Trinajstić information content (AvgIpc) is 2.35. The number of nitrogens with zero attached hydrogens (tertiary/aromatic N) is 2. The number of aromatic nitrogens is 3. The van der Waals surface area contributed by atoms with Crippen LogP contribution in [0.25, 0.3) is 0 Å². The summed E-state index contributed by atoms with van der Waals surface area (Å²) in [5.74, 6) is 0.331. The van der Waals surface area contributed by atoms with Gasteiger partial charge in [-0.25, -0.2) is 0 Å². The number of rotatable bonds is 1. The number of nitrogens with one attached hydrogen (secondary N) is 1. The van der Waals surface area contributed by atoms with Gasteiger partial charge >= 0.3 is 0 Å². The fourth-order valence-electron chi connectivity index (χ4n) is 1.18. The SMILES string of the molecule is CC1CC1(O)c1cn[nH]n1. The van der Waals surface area contributed by atoms with E-state index >= 15 is 0 Å². The zero-order valence-electron chi connectivity index (χ0n) is 5.70. The normalized spacial score (nSPS) is 38.0. The number of H-pyrrole nitrogens is 1. The first-order chi connectivity index (χ1) is 4.73. The van der Waals surface area contributed by atoms with Crippen LogP contribution in [-0.4, -0.2) is 20.5 Å². The van der Waals surface area contributed by atoms with E-state index in [-0.39, 0.29) is 0 Å². The summed E-state index contributed by atoms with van der Waals surface area (Å²) in [5.41, 5.74) is -0.00694. The van der Waals surface area contributed by atoms with Crippen LogP contribution in [0.2, 0.25) is 0 Å². The van der Waals surface area contributed by atoms with Gasteiger partial charge in [0.15, 0.2) is 0 Å². The lowest BCUT2D eigenvalue weighted by Gasteiger charge is -2.00. The van der Waals surface area contributed by atoms with E-state index in [0.29, 0.717) is 11.6 Å². The quantitative estimate of drug-likeness (QED) is 0.577. The molecule has 0 spiro atoms. The molecule has 1 aromatic heterocycles. The minimum Gasteiger partial charge on any atom is -0.383 e. The molecular formula is C6H9N3O. The van der Waals surface area contributed by atoms with Crippen molar-refractivity contribution in [2.24, 2.45) is 5.92 Å². The lowest BCUT2D eigenvalue weighted by molar-refractivity contribution is 0.129. The second-order valence-electron chi connectivity index (χ2n) is 2.88. The van der Waals surface area contributed by atoms with Crippen LogP contribution in [0.4, 0.5) is 0 Å². The van der Waals surface area contributed by atoms with Gasteiger partial charge in [0.1, 0.15) is 11.3 Å². The molecule has 2 N–H and O–H groups in total. The zero-order valence-corrected chi connectivity index (χ0v) is 5.70. The van der Waals surface area contributed by atoms with Crippen molar-refractivity contribution in [1.82, 2.24) is 15.4 Å². The van der Waals surface area contributed by atoms with Crippen LogP contribution in [0.1, 0.15) is 19.0 Å². The highest BCUT2D eigenvalue weighted by atomic mass is 16.3. The summed E-state index contributed by atoms with van der Waals surface area (Å²) >= 11 is 0. The Morgan fingerprint density at radius 1 is 1.90 bits per heavy atom. The van der Waals surface area contributed by atoms with E-state index in [0.717, 1.165) is 6.42 Å². The minimum atomic E-state index is -0.674. The lowest BCUT2D eigenvalue weighted by Crippen LogP contribution is -2.07. The molecule has 0 aliphatic heterocycles. The number of aliphatic hydroxyl groups is 1. The molecule has 1 saturated carbocycles. The van der Waals surface area contributed by atoms with Crippen LogP contribution in [0.5, 0.6) is 0 Å². The van der Waals surface area contributed by atoms with E-state index < -0.39 is 5.60 Å². The molecule has 0 bridgehead atoms. The van der Waals surface area contributed by atoms with Crippen LogP contribution in [0, 0.1) is 5.92 Å². The molecule has 4 nitrogen and oxygen atoms in total. The van der Waals surface area contributed by atoms with E-state index in [4.69, 9.17) is 0 Å². The molecule has 1 aliphatic rings. The summed E-state index contributed by atoms with van der Waals surface area (Å²) in [6, 6.07) is 0. The largest absolute Gasteiger partial charge is 0.383 e. The lowest BCUT2D eigenvalue weighted by atomic mass is 10.2. The molecule has 0 aromatic carbocycles. The van der Waals surface area contributed by atoms with Crippen molar-refractivity contribution in [3.8, 4) is 0 Å². The van der Waals surface area contributed by atoms with Crippen LogP contribution >= 0.6 is 0 Å². The highest BCUT2D eigenvalue weighted by molar-refractivity contribution is 5.17. The second kappa shape index (κ2) is 1.58. The van der Waals surface area contributed by atoms with Crippen molar-refractivity contribution in [3.05, 3.63) is 11.9 Å². The van der Waals surface area contributed by atoms with Gasteiger partial charge in [-0.3, -0.25) is 0 Å². The van der Waals surface area contributed by atoms with Gasteiger partial charge in [-0.2, -0.15) is 15.4 Å². The van der Waals surface area contributed by atoms with Gasteiger partial charge in [-0.05, 0) is 12.3 Å². The van der Waals surface area contributed by atoms with Crippen LogP contribution in [0.15, 0.2) is 6.20 Å². The van der Waals surface area contributed by atoms with Gasteiger partial charge in [0, 0.05) is 0 Å². The Balaban J connectivity index is 2.30. The molecule has 0 saturated heterocycles. The highest BCUT2D eigenvalue weighted by Crippen LogP contribution is 2.50. The first-order valence-corrected chi connectivity index (χ1v) is 3.32. The van der Waals surface area contributed by atoms with Crippen molar-refractivity contribution >= 4 is 0 Å². The zero-order chi connectivity index (χ0) is 7.19. The monoisotopic (exact) mass is 139 g/mol. The van der Waals surface area contributed by atoms with Crippen molar-refractivity contribution in [2.75, 3.05) is 0 Å². The molecule has 1 aromatic rings. The van der Waals surface area contributed by atoms with Gasteiger partial charge in [0.2, 0.25) is 0 Å². The van der Waals surface area contributed by atoms with E-state index in [9.17, 15) is 5.11 Å². The number of hydrogen-bond donors (Lipinski definition) is 2. The molecule has 2 atom stereocenters. The third-order valence-electron chi connectivity index (χ3n) is 2.13. The van der Waals surface area contributed by atoms with E-state index in [2.05, 4.69) is 15.4 Å². The Bertz CT molecular complexity index is 233. The molecule has 2 unspecified atom stereocenters. The van der Waals surface area contributed by atoms with E-state index in [1.54, 1.807) is 6.20 Å². The Kier molecular flexibility index (Phi) is 0.922. The first-order valence-electron chi connectivity index (χ1n) is 3.32. The average molecular weight is 139 g/mol. The summed E-state index contributed by atoms with van der Waals surface area (Å²) in [6.07, 6.45) is 2.38. The number of aromatic amines is 1. The van der Waals surface area contributed by atoms with Crippen molar-refractivity contribution < 1.29 is 5.11 Å². The molecule has 1 fully saturated rings. The second-order valence-corrected chi connectivity index (χ2v) is 2.88. The predicted molar refractivity (Wildman–Crippen MR) is 34.1 cm³/mol. The smallest absolute Gasteiger partial charge is 0.114 e. The van der Waals surface area contributed by atoms with Crippen LogP contribution in [0.3, 0.4) is 0 Å². The Labute approximate surface area is 58.3 Å². The van der Waals surface area contributed by atoms with Gasteiger partial charge in [0.25, 0.3) is 0 Å². The Morgan fingerprint density at radius 3 is 3.00 bits per heavy atom. The molecule has 0 radical (unpaired) electrons. The van der Waals surface area contributed by atoms with Gasteiger partial charge in [0.05, 0.1) is 6.20 Å². The summed E-state index contributed by atoms with van der Waals surface area (Å²) in [6.45, 7) is 1.99. The maximum Gasteiger partial charge on any atom is 0.114 e. The maximum absolute atomic E-state index is 9.64. The summed E-state index contributed by atoms with van der Waals surface area (Å²) in [7, 11) is 0. The van der Waals surface area contributed by atoms with Gasteiger partial charge in [-0.1, -0.05) is 6.92 Å². The maximum atomic E-state index is 9.64. The fraction of sp³-hybridized carbons (Fsp3) is 0.667. The van der Waals surface area contributed by atoms with Gasteiger partial charge in [-0.15, -0.1) is 0 Å².